The van der Waals surface area contributed by atoms with Crippen molar-refractivity contribution >= 4 is 113 Å². The van der Waals surface area contributed by atoms with Crippen LogP contribution in [0.25, 0.3) is 0 Å². The Morgan fingerprint density at radius 1 is 0.440 bits per heavy atom. The number of aliphatic carboxylic acids is 2. The lowest BCUT2D eigenvalue weighted by Gasteiger charge is -2.71. The number of aromatic nitrogens is 3. The molecular weight excluding hydrogens is 1740 g/mol. The summed E-state index contributed by atoms with van der Waals surface area (Å²) in [6.45, 7) is 15.9. The van der Waals surface area contributed by atoms with Crippen LogP contribution in [0.1, 0.15) is 221 Å². The Balaban J connectivity index is 1.20. The average molecular weight is 1890 g/mol. The summed E-state index contributed by atoms with van der Waals surface area (Å²) in [5.41, 5.74) is 44.8. The number of carboxylic acids is 2. The highest BCUT2D eigenvalue weighted by Gasteiger charge is 2.70. The molecule has 18 atom stereocenters. The molecular formula is C85H151N35O14. The van der Waals surface area contributed by atoms with E-state index in [1.165, 1.54) is 16.5 Å². The summed E-state index contributed by atoms with van der Waals surface area (Å²) in [6.07, 6.45) is 10.0. The van der Waals surface area contributed by atoms with Crippen molar-refractivity contribution in [1.82, 2.24) is 100 Å². The number of carbonyl (C=O) groups is 11. The Labute approximate surface area is 781 Å². The maximum Gasteiger partial charge on any atom is 0.326 e. The zero-order valence-electron chi connectivity index (χ0n) is 78.4. The van der Waals surface area contributed by atoms with Crippen LogP contribution in [0.5, 0.6) is 0 Å². The first-order valence-corrected chi connectivity index (χ1v) is 46.4. The van der Waals surface area contributed by atoms with E-state index in [4.69, 9.17) is 93.9 Å². The normalized spacial score (nSPS) is 23.5. The van der Waals surface area contributed by atoms with Gasteiger partial charge >= 0.3 is 17.9 Å². The summed E-state index contributed by atoms with van der Waals surface area (Å²) in [5, 5.41) is 133. The number of allylic oxidation sites excluding steroid dienone is 2. The highest BCUT2D eigenvalue weighted by molar-refractivity contribution is 5.98. The smallest absolute Gasteiger partial charge is 0.326 e. The number of hydrogen-bond acceptors (Lipinski definition) is 22. The highest BCUT2D eigenvalue weighted by Crippen LogP contribution is 2.76. The summed E-state index contributed by atoms with van der Waals surface area (Å²) >= 11 is 0. The van der Waals surface area contributed by atoms with E-state index in [1.54, 1.807) is 0 Å². The zero-order valence-corrected chi connectivity index (χ0v) is 78.4. The van der Waals surface area contributed by atoms with E-state index >= 15 is 14.4 Å². The minimum Gasteiger partial charge on any atom is -0.481 e. The first-order chi connectivity index (χ1) is 63.1. The van der Waals surface area contributed by atoms with Gasteiger partial charge in [-0.2, -0.15) is 0 Å². The fraction of sp³-hybridized carbons (Fsp3) is 0.729. The van der Waals surface area contributed by atoms with Crippen LogP contribution >= 0.6 is 0 Å². The summed E-state index contributed by atoms with van der Waals surface area (Å²) in [5.74, 6) is -12.1. The van der Waals surface area contributed by atoms with Gasteiger partial charge in [0.15, 0.2) is 47.7 Å². The summed E-state index contributed by atoms with van der Waals surface area (Å²) < 4.78 is 7.66. The van der Waals surface area contributed by atoms with E-state index < -0.39 is 161 Å². The Morgan fingerprint density at radius 3 is 1.11 bits per heavy atom. The van der Waals surface area contributed by atoms with Gasteiger partial charge in [0.2, 0.25) is 47.3 Å². The monoisotopic (exact) mass is 1890 g/mol. The van der Waals surface area contributed by atoms with Gasteiger partial charge in [-0.15, -0.1) is 5.10 Å². The van der Waals surface area contributed by atoms with Crippen LogP contribution in [-0.4, -0.2) is 245 Å². The second-order valence-electron chi connectivity index (χ2n) is 37.6. The van der Waals surface area contributed by atoms with E-state index in [-0.39, 0.29) is 225 Å². The average Bonchev–Trinajstić information content (AvgIpc) is 0.713. The number of amides is 8. The predicted molar refractivity (Wildman–Crippen MR) is 501 cm³/mol. The molecule has 1 aromatic rings. The fourth-order valence-electron chi connectivity index (χ4n) is 20.7. The third-order valence-corrected chi connectivity index (χ3v) is 28.0. The van der Waals surface area contributed by atoms with Gasteiger partial charge in [-0.1, -0.05) is 65.3 Å². The number of esters is 1. The zero-order chi connectivity index (χ0) is 99.6. The topological polar surface area (TPSA) is 860 Å². The van der Waals surface area contributed by atoms with Gasteiger partial charge in [0.05, 0.1) is 17.5 Å². The minimum absolute atomic E-state index is 0.00162. The maximum absolute atomic E-state index is 15.1. The third-order valence-electron chi connectivity index (χ3n) is 28.0. The second-order valence-corrected chi connectivity index (χ2v) is 37.6. The van der Waals surface area contributed by atoms with Crippen LogP contribution < -0.4 is 131 Å². The van der Waals surface area contributed by atoms with E-state index in [1.807, 2.05) is 0 Å². The summed E-state index contributed by atoms with van der Waals surface area (Å²) in [4.78, 5) is 157. The molecule has 5 aliphatic carbocycles. The molecule has 49 nitrogen and oxygen atoms in total. The van der Waals surface area contributed by atoms with Crippen LogP contribution in [-0.2, 0) is 70.4 Å². The standard InChI is InChI=1S/C85H151N35O14/c1-46-28-33-85(72(132)133)35-34-83(6)49(63(85)47(46)2)25-26-59-82(5)31-30-60(81(3,4)58(82)29-32-84(59,83)7)134-62(122)27-24-48-44-120(119-118-48)45-61(121)110-50(16-8-36-102-73(86)87)64(123)111-51(17-9-37-103-74(88)89)65(124)112-52(18-10-38-104-75(90)91)66(125)113-53(19-11-39-105-76(92)93)67(126)114-54(20-12-40-106-77(94)95)68(127)115-55(21-13-41-107-78(96)97)69(128)116-56(22-14-42-108-79(98)99)70(129)117-57(71(130)131)23-15-43-109-80(100)101/h25,44,46-47,50-60,63H,8-24,26-43,45H2,1-7H3,(H,110,121)(H,111,123)(H,112,124)(H,113,125)(H,114,126)(H,115,127)(H,116,128)(H,117,129)(H,130,131)(H,132,133)(H4,86,87,102)(H4,88,89,103)(H4,90,91,104)(H4,92,93,105)(H4,94,95,106)(H4,96,97,107)(H4,98,99,108)(H4,100,101,109)/t46-,47+,50+,51+,52+,53+,54+,55+,56+,57+,58+,59-,60+,63+,82+,83-,84-,85+/m1/s1. The van der Waals surface area contributed by atoms with Crippen molar-refractivity contribution in [2.75, 3.05) is 52.4 Å². The Bertz CT molecular complexity index is 4360. The van der Waals surface area contributed by atoms with Gasteiger partial charge in [0.25, 0.3) is 0 Å². The molecule has 0 aromatic carbocycles. The molecule has 42 N–H and O–H groups in total. The molecule has 6 rings (SSSR count). The van der Waals surface area contributed by atoms with E-state index in [9.17, 15) is 48.6 Å². The molecule has 5 aliphatic rings. The molecule has 0 unspecified atom stereocenters. The van der Waals surface area contributed by atoms with Crippen molar-refractivity contribution < 1.29 is 67.7 Å². The third kappa shape index (κ3) is 32.0. The first-order valence-electron chi connectivity index (χ1n) is 46.4. The molecule has 0 spiro atoms. The SMILES string of the molecule is C[C@H]1[C@H](C)CC[C@]2(C(=O)O)CC[C@]3(C)C(=CC[C@@H]4[C@@]5(C)CC[C@H](OC(=O)CCc6cn(CC(=O)N[C@@H](CCCNC(=N)N)C(=O)N[C@@H](CCCNC(=N)N)C(=O)N[C@@H](CCCNC(=N)N)C(=O)N[C@@H](CCCNC(=N)N)C(=O)N[C@@H](CCCNC(=N)N)C(=O)N[C@@H](CCCNC(=N)N)C(=O)N[C@@H](CCCNC(=N)N)C(=O)N[C@@H](CCCNC(=N)N)C(=O)O)nn6)C(C)(C)[C@@H]5CC[C@]43C)[C@H]12. The van der Waals surface area contributed by atoms with E-state index in [2.05, 4.69) is 150 Å². The first kappa shape index (κ1) is 110. The van der Waals surface area contributed by atoms with Gasteiger partial charge in [0, 0.05) is 70.4 Å². The number of nitrogens with two attached hydrogens (primary N) is 8. The quantitative estimate of drug-likeness (QED) is 0.0101. The van der Waals surface area contributed by atoms with Crippen molar-refractivity contribution in [3.8, 4) is 0 Å². The molecule has 0 radical (unpaired) electrons. The lowest BCUT2D eigenvalue weighted by molar-refractivity contribution is -0.214. The molecule has 134 heavy (non-hydrogen) atoms. The number of rotatable bonds is 55. The van der Waals surface area contributed by atoms with E-state index in [0.29, 0.717) is 36.8 Å². The number of fused-ring (bicyclic) bond motifs is 7. The van der Waals surface area contributed by atoms with Gasteiger partial charge in [0.1, 0.15) is 61.0 Å². The van der Waals surface area contributed by atoms with Crippen molar-refractivity contribution in [3.63, 3.8) is 0 Å². The number of ether oxygens (including phenoxy) is 1. The lowest BCUT2D eigenvalue weighted by atomic mass is 9.33. The van der Waals surface area contributed by atoms with Gasteiger partial charge < -0.3 is 146 Å². The number of carbonyl (C=O) groups excluding carboxylic acids is 9. The fourth-order valence-corrected chi connectivity index (χ4v) is 20.7. The molecule has 8 amide bonds. The second kappa shape index (κ2) is 51.5. The number of guanidine groups is 8. The van der Waals surface area contributed by atoms with Gasteiger partial charge in [-0.05, 0) is 206 Å². The Kier molecular flexibility index (Phi) is 42.2. The van der Waals surface area contributed by atoms with Gasteiger partial charge in [-0.3, -0.25) is 91.2 Å². The van der Waals surface area contributed by atoms with Gasteiger partial charge in [-0.25, -0.2) is 9.48 Å². The lowest BCUT2D eigenvalue weighted by Crippen LogP contribution is -2.65. The van der Waals surface area contributed by atoms with Crippen LogP contribution in [0.2, 0.25) is 0 Å². The molecule has 0 saturated heterocycles. The maximum atomic E-state index is 15.1. The summed E-state index contributed by atoms with van der Waals surface area (Å²) in [6, 6.07) is -12.3. The molecule has 49 heteroatoms. The number of aryl methyl sites for hydroxylation is 1. The highest BCUT2D eigenvalue weighted by atomic mass is 16.5. The molecule has 4 saturated carbocycles. The largest absolute Gasteiger partial charge is 0.481 e. The molecule has 750 valence electrons. The summed E-state index contributed by atoms with van der Waals surface area (Å²) in [7, 11) is 0. The Morgan fingerprint density at radius 2 is 0.776 bits per heavy atom. The number of carboxylic acid groups (broad SMARTS) is 2. The minimum atomic E-state index is -1.61. The van der Waals surface area contributed by atoms with Crippen molar-refractivity contribution in [2.24, 2.45) is 103 Å². The van der Waals surface area contributed by atoms with Crippen LogP contribution in [0, 0.1) is 99.9 Å². The predicted octanol–water partition coefficient (Wildman–Crippen LogP) is -3.07. The van der Waals surface area contributed by atoms with Crippen LogP contribution in [0.15, 0.2) is 17.8 Å². The van der Waals surface area contributed by atoms with E-state index in [0.717, 1.165) is 38.5 Å². The number of nitrogens with one attached hydrogen (secondary N) is 24. The number of nitrogens with zero attached hydrogens (tertiary/aromatic N) is 3. The molecule has 1 heterocycles. The van der Waals surface area contributed by atoms with Crippen LogP contribution in [0.4, 0.5) is 0 Å². The van der Waals surface area contributed by atoms with Crippen LogP contribution in [0.3, 0.4) is 0 Å². The van der Waals surface area contributed by atoms with Crippen molar-refractivity contribution in [2.45, 2.75) is 283 Å². The van der Waals surface area contributed by atoms with Crippen molar-refractivity contribution in [1.29, 1.82) is 43.3 Å². The van der Waals surface area contributed by atoms with Crippen molar-refractivity contribution in [3.05, 3.63) is 23.5 Å². The molecule has 0 aliphatic heterocycles. The molecule has 1 aromatic heterocycles. The Hall–Kier alpha value is -12.8. The number of hydrogen-bond donors (Lipinski definition) is 34. The molecule has 4 fully saturated rings. The molecule has 0 bridgehead atoms.